The first-order valence-electron chi connectivity index (χ1n) is 8.65. The second kappa shape index (κ2) is 8.61. The fourth-order valence-corrected chi connectivity index (χ4v) is 2.85. The molecule has 0 fully saturated rings. The number of benzene rings is 1. The summed E-state index contributed by atoms with van der Waals surface area (Å²) < 4.78 is 78.7. The third kappa shape index (κ3) is 5.84. The van der Waals surface area contributed by atoms with E-state index in [4.69, 9.17) is 17.3 Å². The highest BCUT2D eigenvalue weighted by molar-refractivity contribution is 6.29. The van der Waals surface area contributed by atoms with Gasteiger partial charge in [-0.15, -0.1) is 5.10 Å². The van der Waals surface area contributed by atoms with Gasteiger partial charge >= 0.3 is 12.4 Å². The highest BCUT2D eigenvalue weighted by atomic mass is 35.5. The smallest absolute Gasteiger partial charge is 0.366 e. The van der Waals surface area contributed by atoms with Crippen molar-refractivity contribution in [3.05, 3.63) is 64.7 Å². The lowest BCUT2D eigenvalue weighted by molar-refractivity contribution is -0.138. The molecular weight excluding hydrogens is 464 g/mol. The standard InChI is InChI=1S/C19H12ClF6N5O/c20-15-2-1-11(7-28-15)14(16(27)32)8-31-9-29-17(30-31)12-3-10(6-18(21,22)23)4-13(5-12)19(24,25)26/h1-5,7-9H,6H2,(H2,27,32)/b14-8-. The van der Waals surface area contributed by atoms with Gasteiger partial charge < -0.3 is 5.73 Å². The topological polar surface area (TPSA) is 86.7 Å². The van der Waals surface area contributed by atoms with Crippen molar-refractivity contribution in [2.24, 2.45) is 5.73 Å². The first-order valence-corrected chi connectivity index (χ1v) is 9.02. The number of carbonyl (C=O) groups excluding carboxylic acids is 1. The Balaban J connectivity index is 2.03. The third-order valence-electron chi connectivity index (χ3n) is 4.06. The minimum Gasteiger partial charge on any atom is -0.366 e. The predicted molar refractivity (Wildman–Crippen MR) is 103 cm³/mol. The molecule has 0 spiro atoms. The Kier molecular flexibility index (Phi) is 6.26. The molecule has 13 heteroatoms. The van der Waals surface area contributed by atoms with Gasteiger partial charge in [0.05, 0.1) is 17.6 Å². The summed E-state index contributed by atoms with van der Waals surface area (Å²) in [5, 5.41) is 4.10. The Morgan fingerprint density at radius 3 is 2.38 bits per heavy atom. The molecule has 32 heavy (non-hydrogen) atoms. The van der Waals surface area contributed by atoms with E-state index in [1.54, 1.807) is 0 Å². The number of amides is 1. The van der Waals surface area contributed by atoms with Crippen molar-refractivity contribution in [1.29, 1.82) is 0 Å². The molecule has 168 valence electrons. The summed E-state index contributed by atoms with van der Waals surface area (Å²) in [4.78, 5) is 19.5. The molecule has 0 aliphatic heterocycles. The number of aromatic nitrogens is 4. The number of nitrogens with zero attached hydrogens (tertiary/aromatic N) is 4. The van der Waals surface area contributed by atoms with E-state index in [1.165, 1.54) is 18.3 Å². The summed E-state index contributed by atoms with van der Waals surface area (Å²) in [5.41, 5.74) is 3.43. The van der Waals surface area contributed by atoms with Gasteiger partial charge in [-0.3, -0.25) is 4.79 Å². The molecule has 0 aliphatic carbocycles. The molecule has 2 aromatic heterocycles. The van der Waals surface area contributed by atoms with E-state index >= 15 is 0 Å². The second-order valence-electron chi connectivity index (χ2n) is 6.53. The Morgan fingerprint density at radius 1 is 1.09 bits per heavy atom. The van der Waals surface area contributed by atoms with Crippen molar-refractivity contribution < 1.29 is 31.1 Å². The molecule has 0 atom stereocenters. The highest BCUT2D eigenvalue weighted by Gasteiger charge is 2.34. The normalized spacial score (nSPS) is 12.8. The van der Waals surface area contributed by atoms with E-state index in [0.29, 0.717) is 12.1 Å². The minimum absolute atomic E-state index is 0.0626. The van der Waals surface area contributed by atoms with Gasteiger partial charge in [0.2, 0.25) is 0 Å². The van der Waals surface area contributed by atoms with Gasteiger partial charge in [-0.1, -0.05) is 11.6 Å². The molecule has 0 aliphatic rings. The number of alkyl halides is 6. The zero-order chi connectivity index (χ0) is 23.7. The monoisotopic (exact) mass is 475 g/mol. The van der Waals surface area contributed by atoms with Crippen LogP contribution in [-0.2, 0) is 17.4 Å². The van der Waals surface area contributed by atoms with Gasteiger partial charge in [-0.2, -0.15) is 26.3 Å². The van der Waals surface area contributed by atoms with E-state index in [0.717, 1.165) is 23.3 Å². The summed E-state index contributed by atoms with van der Waals surface area (Å²) in [6, 6.07) is 4.85. The van der Waals surface area contributed by atoms with Crippen LogP contribution >= 0.6 is 11.6 Å². The van der Waals surface area contributed by atoms with E-state index in [9.17, 15) is 31.1 Å². The van der Waals surface area contributed by atoms with Crippen molar-refractivity contribution in [2.75, 3.05) is 0 Å². The van der Waals surface area contributed by atoms with Crippen LogP contribution in [0.3, 0.4) is 0 Å². The molecule has 3 aromatic rings. The van der Waals surface area contributed by atoms with Crippen LogP contribution in [0.15, 0.2) is 42.9 Å². The van der Waals surface area contributed by atoms with E-state index in [2.05, 4.69) is 15.1 Å². The van der Waals surface area contributed by atoms with Crippen LogP contribution in [0.5, 0.6) is 0 Å². The summed E-state index contributed by atoms with van der Waals surface area (Å²) >= 11 is 5.70. The number of nitrogens with two attached hydrogens (primary N) is 1. The highest BCUT2D eigenvalue weighted by Crippen LogP contribution is 2.34. The number of hydrogen-bond acceptors (Lipinski definition) is 4. The van der Waals surface area contributed by atoms with Crippen LogP contribution in [0.1, 0.15) is 16.7 Å². The molecule has 6 nitrogen and oxygen atoms in total. The number of halogens is 7. The Hall–Kier alpha value is -3.41. The summed E-state index contributed by atoms with van der Waals surface area (Å²) in [5.74, 6) is -1.15. The molecule has 0 saturated carbocycles. The largest absolute Gasteiger partial charge is 0.416 e. The molecule has 0 radical (unpaired) electrons. The first-order chi connectivity index (χ1) is 14.8. The molecule has 0 bridgehead atoms. The molecule has 2 N–H and O–H groups in total. The summed E-state index contributed by atoms with van der Waals surface area (Å²) in [6.45, 7) is 0. The van der Waals surface area contributed by atoms with Crippen LogP contribution in [0.25, 0.3) is 23.2 Å². The molecule has 1 amide bonds. The zero-order valence-electron chi connectivity index (χ0n) is 15.7. The first kappa shape index (κ1) is 23.3. The number of rotatable bonds is 5. The van der Waals surface area contributed by atoms with Crippen molar-refractivity contribution in [3.63, 3.8) is 0 Å². The SMILES string of the molecule is NC(=O)/C(=C\n1cnc(-c2cc(CC(F)(F)F)cc(C(F)(F)F)c2)n1)c1ccc(Cl)nc1. The Bertz CT molecular complexity index is 1170. The maximum atomic E-state index is 13.2. The molecule has 3 rings (SSSR count). The molecule has 1 aromatic carbocycles. The molecular formula is C19H12ClF6N5O. The van der Waals surface area contributed by atoms with Crippen molar-refractivity contribution >= 4 is 29.3 Å². The minimum atomic E-state index is -4.88. The molecule has 0 saturated heterocycles. The fourth-order valence-electron chi connectivity index (χ4n) is 2.74. The maximum Gasteiger partial charge on any atom is 0.416 e. The van der Waals surface area contributed by atoms with Crippen LogP contribution in [0, 0.1) is 0 Å². The Morgan fingerprint density at radius 2 is 1.81 bits per heavy atom. The Labute approximate surface area is 181 Å². The second-order valence-corrected chi connectivity index (χ2v) is 6.92. The summed E-state index contributed by atoms with van der Waals surface area (Å²) in [7, 11) is 0. The van der Waals surface area contributed by atoms with E-state index in [1.807, 2.05) is 0 Å². The fraction of sp³-hybridized carbons (Fsp3) is 0.158. The lowest BCUT2D eigenvalue weighted by Gasteiger charge is -2.12. The molecule has 2 heterocycles. The van der Waals surface area contributed by atoms with Gasteiger partial charge in [0.15, 0.2) is 5.82 Å². The average Bonchev–Trinajstić information content (AvgIpc) is 3.13. The van der Waals surface area contributed by atoms with Gasteiger partial charge in [0.25, 0.3) is 5.91 Å². The lowest BCUT2D eigenvalue weighted by atomic mass is 10.0. The number of carbonyl (C=O) groups is 1. The van der Waals surface area contributed by atoms with Gasteiger partial charge in [-0.25, -0.2) is 14.6 Å². The lowest BCUT2D eigenvalue weighted by Crippen LogP contribution is -2.14. The van der Waals surface area contributed by atoms with E-state index in [-0.39, 0.29) is 27.7 Å². The predicted octanol–water partition coefficient (Wildman–Crippen LogP) is 4.60. The van der Waals surface area contributed by atoms with Crippen LogP contribution in [0.2, 0.25) is 5.15 Å². The maximum absolute atomic E-state index is 13.2. The van der Waals surface area contributed by atoms with Gasteiger partial charge in [-0.05, 0) is 35.9 Å². The van der Waals surface area contributed by atoms with Crippen LogP contribution < -0.4 is 5.73 Å². The van der Waals surface area contributed by atoms with Crippen molar-refractivity contribution in [2.45, 2.75) is 18.8 Å². The van der Waals surface area contributed by atoms with E-state index < -0.39 is 35.8 Å². The van der Waals surface area contributed by atoms with Crippen LogP contribution in [-0.4, -0.2) is 31.8 Å². The third-order valence-corrected chi connectivity index (χ3v) is 4.28. The quantitative estimate of drug-likeness (QED) is 0.332. The van der Waals surface area contributed by atoms with Gasteiger partial charge in [0, 0.05) is 23.5 Å². The number of primary amides is 1. The van der Waals surface area contributed by atoms with Crippen molar-refractivity contribution in [1.82, 2.24) is 19.7 Å². The molecule has 0 unspecified atom stereocenters. The summed E-state index contributed by atoms with van der Waals surface area (Å²) in [6.07, 6.45) is -7.66. The van der Waals surface area contributed by atoms with Crippen LogP contribution in [0.4, 0.5) is 26.3 Å². The number of hydrogen-bond donors (Lipinski definition) is 1. The zero-order valence-corrected chi connectivity index (χ0v) is 16.5. The average molecular weight is 476 g/mol. The van der Waals surface area contributed by atoms with Gasteiger partial charge in [0.1, 0.15) is 11.5 Å². The number of pyridine rings is 1. The van der Waals surface area contributed by atoms with Crippen molar-refractivity contribution in [3.8, 4) is 11.4 Å².